The third kappa shape index (κ3) is 4.66. The molecule has 0 radical (unpaired) electrons. The van der Waals surface area contributed by atoms with E-state index in [1.165, 1.54) is 12.1 Å². The van der Waals surface area contributed by atoms with E-state index in [9.17, 15) is 24.5 Å². The van der Waals surface area contributed by atoms with E-state index in [2.05, 4.69) is 5.32 Å². The summed E-state index contributed by atoms with van der Waals surface area (Å²) in [7, 11) is 0. The Balaban J connectivity index is 2.08. The Morgan fingerprint density at radius 2 is 2.16 bits per heavy atom. The first kappa shape index (κ1) is 18.2. The summed E-state index contributed by atoms with van der Waals surface area (Å²) in [4.78, 5) is 46.7. The smallest absolute Gasteiger partial charge is 0.326 e. The van der Waals surface area contributed by atoms with E-state index in [-0.39, 0.29) is 29.8 Å². The van der Waals surface area contributed by atoms with Gasteiger partial charge in [0.05, 0.1) is 10.6 Å². The molecular formula is C15H17N3O7. The van der Waals surface area contributed by atoms with Gasteiger partial charge < -0.3 is 14.8 Å². The van der Waals surface area contributed by atoms with Crippen LogP contribution in [0.2, 0.25) is 0 Å². The fraction of sp³-hybridized carbons (Fsp3) is 0.400. The molecule has 0 saturated carbocycles. The van der Waals surface area contributed by atoms with Crippen molar-refractivity contribution in [1.29, 1.82) is 0 Å². The normalized spacial score (nSPS) is 13.1. The van der Waals surface area contributed by atoms with Crippen molar-refractivity contribution in [1.82, 2.24) is 5.32 Å². The lowest BCUT2D eigenvalue weighted by atomic mass is 10.2. The highest BCUT2D eigenvalue weighted by atomic mass is 16.6. The standard InChI is InChI=1S/C15H17N3O7/c1-9(2)16-13(19)7-25-15(21)6-17-11-5-10(18(22)23)3-4-12(11)24-8-14(17)20/h3-5,9H,6-8H2,1-2H3,(H,16,19). The molecule has 1 N–H and O–H groups in total. The first-order valence-corrected chi connectivity index (χ1v) is 7.44. The van der Waals surface area contributed by atoms with Crippen molar-refractivity contribution in [2.75, 3.05) is 24.7 Å². The van der Waals surface area contributed by atoms with Crippen molar-refractivity contribution in [3.8, 4) is 5.75 Å². The Morgan fingerprint density at radius 3 is 2.80 bits per heavy atom. The molecule has 0 spiro atoms. The molecule has 134 valence electrons. The second-order valence-electron chi connectivity index (χ2n) is 5.56. The van der Waals surface area contributed by atoms with Crippen LogP contribution >= 0.6 is 0 Å². The maximum atomic E-state index is 12.0. The van der Waals surface area contributed by atoms with Crippen LogP contribution in [-0.4, -0.2) is 48.5 Å². The molecule has 0 fully saturated rings. The van der Waals surface area contributed by atoms with Gasteiger partial charge in [0.25, 0.3) is 17.5 Å². The molecule has 1 aromatic carbocycles. The van der Waals surface area contributed by atoms with E-state index in [0.29, 0.717) is 0 Å². The zero-order chi connectivity index (χ0) is 18.6. The number of nitro groups is 1. The predicted molar refractivity (Wildman–Crippen MR) is 85.2 cm³/mol. The summed E-state index contributed by atoms with van der Waals surface area (Å²) >= 11 is 0. The summed E-state index contributed by atoms with van der Waals surface area (Å²) in [6.07, 6.45) is 0. The monoisotopic (exact) mass is 351 g/mol. The van der Waals surface area contributed by atoms with Gasteiger partial charge in [-0.2, -0.15) is 0 Å². The largest absolute Gasteiger partial charge is 0.482 e. The predicted octanol–water partition coefficient (Wildman–Crippen LogP) is 0.388. The lowest BCUT2D eigenvalue weighted by molar-refractivity contribution is -0.384. The van der Waals surface area contributed by atoms with Crippen LogP contribution in [0.3, 0.4) is 0 Å². The van der Waals surface area contributed by atoms with E-state index in [1.807, 2.05) is 0 Å². The molecule has 1 aromatic rings. The van der Waals surface area contributed by atoms with Crippen molar-refractivity contribution in [3.63, 3.8) is 0 Å². The highest BCUT2D eigenvalue weighted by Gasteiger charge is 2.29. The first-order chi connectivity index (χ1) is 11.8. The van der Waals surface area contributed by atoms with Gasteiger partial charge in [-0.1, -0.05) is 0 Å². The molecule has 0 bridgehead atoms. The van der Waals surface area contributed by atoms with E-state index in [0.717, 1.165) is 11.0 Å². The van der Waals surface area contributed by atoms with Gasteiger partial charge in [-0.15, -0.1) is 0 Å². The summed E-state index contributed by atoms with van der Waals surface area (Å²) < 4.78 is 10.0. The van der Waals surface area contributed by atoms with E-state index < -0.39 is 35.9 Å². The minimum Gasteiger partial charge on any atom is -0.482 e. The Kier molecular flexibility index (Phi) is 5.52. The van der Waals surface area contributed by atoms with Crippen LogP contribution in [-0.2, 0) is 19.1 Å². The maximum Gasteiger partial charge on any atom is 0.326 e. The Labute approximate surface area is 142 Å². The number of hydrogen-bond donors (Lipinski definition) is 1. The van der Waals surface area contributed by atoms with Gasteiger partial charge >= 0.3 is 5.97 Å². The third-order valence-electron chi connectivity index (χ3n) is 3.20. The van der Waals surface area contributed by atoms with Crippen molar-refractivity contribution >= 4 is 29.2 Å². The molecule has 0 saturated heterocycles. The van der Waals surface area contributed by atoms with Crippen LogP contribution in [0.4, 0.5) is 11.4 Å². The molecule has 25 heavy (non-hydrogen) atoms. The van der Waals surface area contributed by atoms with Crippen molar-refractivity contribution in [2.45, 2.75) is 19.9 Å². The fourth-order valence-electron chi connectivity index (χ4n) is 2.16. The molecule has 0 unspecified atom stereocenters. The van der Waals surface area contributed by atoms with Crippen LogP contribution in [0, 0.1) is 10.1 Å². The number of amides is 2. The average molecular weight is 351 g/mol. The number of rotatable bonds is 6. The van der Waals surface area contributed by atoms with Crippen molar-refractivity contribution in [2.24, 2.45) is 0 Å². The highest BCUT2D eigenvalue weighted by molar-refractivity contribution is 6.01. The minimum absolute atomic E-state index is 0.0977. The molecule has 0 aliphatic carbocycles. The number of ether oxygens (including phenoxy) is 2. The van der Waals surface area contributed by atoms with Gasteiger partial charge in [-0.25, -0.2) is 0 Å². The topological polar surface area (TPSA) is 128 Å². The number of carbonyl (C=O) groups excluding carboxylic acids is 3. The molecule has 10 nitrogen and oxygen atoms in total. The number of non-ortho nitro benzene ring substituents is 1. The quantitative estimate of drug-likeness (QED) is 0.446. The summed E-state index contributed by atoms with van der Waals surface area (Å²) in [6.45, 7) is 2.26. The molecule has 1 aliphatic heterocycles. The molecule has 2 amide bonds. The van der Waals surface area contributed by atoms with Gasteiger partial charge in [0.1, 0.15) is 12.3 Å². The molecule has 0 aromatic heterocycles. The lowest BCUT2D eigenvalue weighted by Gasteiger charge is -2.28. The summed E-state index contributed by atoms with van der Waals surface area (Å²) in [5, 5.41) is 13.4. The third-order valence-corrected chi connectivity index (χ3v) is 3.20. The van der Waals surface area contributed by atoms with Crippen molar-refractivity contribution < 1.29 is 28.8 Å². The number of esters is 1. The summed E-state index contributed by atoms with van der Waals surface area (Å²) in [5.41, 5.74) is -0.138. The van der Waals surface area contributed by atoms with E-state index in [4.69, 9.17) is 9.47 Å². The minimum atomic E-state index is -0.813. The van der Waals surface area contributed by atoms with Crippen LogP contribution in [0.1, 0.15) is 13.8 Å². The summed E-state index contributed by atoms with van der Waals surface area (Å²) in [5.74, 6) is -1.58. The van der Waals surface area contributed by atoms with Crippen LogP contribution in [0.15, 0.2) is 18.2 Å². The van der Waals surface area contributed by atoms with Gasteiger partial charge in [-0.05, 0) is 19.9 Å². The van der Waals surface area contributed by atoms with E-state index >= 15 is 0 Å². The van der Waals surface area contributed by atoms with Crippen LogP contribution in [0.25, 0.3) is 0 Å². The van der Waals surface area contributed by atoms with Gasteiger partial charge in [0.15, 0.2) is 13.2 Å². The number of nitrogens with one attached hydrogen (secondary N) is 1. The molecule has 1 heterocycles. The molecule has 0 atom stereocenters. The number of nitrogens with zero attached hydrogens (tertiary/aromatic N) is 2. The van der Waals surface area contributed by atoms with Crippen LogP contribution < -0.4 is 15.0 Å². The SMILES string of the molecule is CC(C)NC(=O)COC(=O)CN1C(=O)COc2ccc([N+](=O)[O-])cc21. The highest BCUT2D eigenvalue weighted by Crippen LogP contribution is 2.35. The van der Waals surface area contributed by atoms with Gasteiger partial charge in [-0.3, -0.25) is 29.4 Å². The lowest BCUT2D eigenvalue weighted by Crippen LogP contribution is -2.43. The zero-order valence-corrected chi connectivity index (χ0v) is 13.7. The average Bonchev–Trinajstić information content (AvgIpc) is 2.54. The first-order valence-electron chi connectivity index (χ1n) is 7.44. The second kappa shape index (κ2) is 7.60. The van der Waals surface area contributed by atoms with Gasteiger partial charge in [0.2, 0.25) is 0 Å². The number of benzene rings is 1. The number of fused-ring (bicyclic) bond motifs is 1. The zero-order valence-electron chi connectivity index (χ0n) is 13.7. The number of hydrogen-bond acceptors (Lipinski definition) is 7. The fourth-order valence-corrected chi connectivity index (χ4v) is 2.16. The number of anilines is 1. The van der Waals surface area contributed by atoms with Crippen LogP contribution in [0.5, 0.6) is 5.75 Å². The molecular weight excluding hydrogens is 334 g/mol. The Morgan fingerprint density at radius 1 is 1.44 bits per heavy atom. The number of nitro benzene ring substituents is 1. The maximum absolute atomic E-state index is 12.0. The van der Waals surface area contributed by atoms with Crippen molar-refractivity contribution in [3.05, 3.63) is 28.3 Å². The molecule has 10 heteroatoms. The number of carbonyl (C=O) groups is 3. The molecule has 1 aliphatic rings. The Hall–Kier alpha value is -3.17. The molecule has 2 rings (SSSR count). The Bertz CT molecular complexity index is 717. The van der Waals surface area contributed by atoms with Gasteiger partial charge in [0, 0.05) is 18.2 Å². The second-order valence-corrected chi connectivity index (χ2v) is 5.56. The van der Waals surface area contributed by atoms with E-state index in [1.54, 1.807) is 13.8 Å². The summed E-state index contributed by atoms with van der Waals surface area (Å²) in [6, 6.07) is 3.64.